The van der Waals surface area contributed by atoms with Crippen LogP contribution in [0.2, 0.25) is 0 Å². The van der Waals surface area contributed by atoms with E-state index in [4.69, 9.17) is 23.3 Å². The normalized spacial score (nSPS) is 13.1. The molecule has 0 aliphatic rings. The molecule has 180 valence electrons. The maximum atomic E-state index is 13.8. The molecule has 3 aromatic rings. The zero-order valence-corrected chi connectivity index (χ0v) is 20.4. The lowest BCUT2D eigenvalue weighted by Crippen LogP contribution is -2.22. The van der Waals surface area contributed by atoms with Crippen molar-refractivity contribution >= 4 is 13.6 Å². The molecular weight excluding hydrogens is 455 g/mol. The van der Waals surface area contributed by atoms with Crippen LogP contribution in [0.3, 0.4) is 0 Å². The Labute approximate surface area is 200 Å². The molecule has 0 aliphatic heterocycles. The molecule has 0 N–H and O–H groups in total. The summed E-state index contributed by atoms with van der Waals surface area (Å²) in [6, 6.07) is 25.0. The van der Waals surface area contributed by atoms with E-state index >= 15 is 0 Å². The number of ether oxygens (including phenoxy) is 3. The molecule has 8 heteroatoms. The standard InChI is InChI=1S/C26H29O7P/c1-4-30-34(28,31-5-2)26(33-25(27)24(29-3)20-13-8-6-9-14-20)21-15-12-18-23(19-21)32-22-16-10-7-11-17-22/h6-19,24,26H,4-5H2,1-3H3/t24-,26-/m0/s1. The molecule has 7 nitrogen and oxygen atoms in total. The van der Waals surface area contributed by atoms with Crippen LogP contribution in [0, 0.1) is 0 Å². The fourth-order valence-electron chi connectivity index (χ4n) is 3.37. The molecule has 0 fully saturated rings. The SMILES string of the molecule is CCOP(=O)(OCC)[C@H](OC(=O)[C@@H](OC)c1ccccc1)c1cccc(Oc2ccccc2)c1. The monoisotopic (exact) mass is 484 g/mol. The number of benzene rings is 3. The van der Waals surface area contributed by atoms with E-state index in [2.05, 4.69) is 0 Å². The summed E-state index contributed by atoms with van der Waals surface area (Å²) in [7, 11) is -2.49. The van der Waals surface area contributed by atoms with Gasteiger partial charge in [-0.2, -0.15) is 0 Å². The van der Waals surface area contributed by atoms with Crippen molar-refractivity contribution in [2.75, 3.05) is 20.3 Å². The maximum Gasteiger partial charge on any atom is 0.375 e. The molecule has 0 heterocycles. The van der Waals surface area contributed by atoms with E-state index in [1.807, 2.05) is 36.4 Å². The zero-order valence-electron chi connectivity index (χ0n) is 19.5. The molecular formula is C26H29O7P. The molecule has 0 aromatic heterocycles. The molecule has 0 spiro atoms. The number of rotatable bonds is 12. The van der Waals surface area contributed by atoms with Crippen molar-refractivity contribution < 1.29 is 32.6 Å². The van der Waals surface area contributed by atoms with Crippen molar-refractivity contribution in [3.63, 3.8) is 0 Å². The van der Waals surface area contributed by atoms with Crippen LogP contribution in [0.5, 0.6) is 11.5 Å². The lowest BCUT2D eigenvalue weighted by atomic mass is 10.1. The van der Waals surface area contributed by atoms with Gasteiger partial charge in [-0.1, -0.05) is 60.7 Å². The number of hydrogen-bond acceptors (Lipinski definition) is 7. The van der Waals surface area contributed by atoms with Gasteiger partial charge in [-0.15, -0.1) is 0 Å². The largest absolute Gasteiger partial charge is 0.457 e. The third-order valence-electron chi connectivity index (χ3n) is 4.81. The van der Waals surface area contributed by atoms with Crippen LogP contribution in [0.1, 0.15) is 36.9 Å². The topological polar surface area (TPSA) is 80.3 Å². The highest BCUT2D eigenvalue weighted by atomic mass is 31.2. The van der Waals surface area contributed by atoms with Crippen LogP contribution < -0.4 is 4.74 Å². The second-order valence-corrected chi connectivity index (χ2v) is 9.24. The number of hydrogen-bond donors (Lipinski definition) is 0. The molecule has 3 rings (SSSR count). The summed E-state index contributed by atoms with van der Waals surface area (Å²) in [6.07, 6.45) is -1.01. The van der Waals surface area contributed by atoms with Gasteiger partial charge in [-0.05, 0) is 43.7 Å². The van der Waals surface area contributed by atoms with Gasteiger partial charge in [-0.3, -0.25) is 4.57 Å². The quantitative estimate of drug-likeness (QED) is 0.210. The molecule has 0 bridgehead atoms. The van der Waals surface area contributed by atoms with Crippen molar-refractivity contribution in [1.29, 1.82) is 0 Å². The summed E-state index contributed by atoms with van der Waals surface area (Å²) in [6.45, 7) is 3.61. The van der Waals surface area contributed by atoms with E-state index in [1.54, 1.807) is 62.4 Å². The van der Waals surface area contributed by atoms with Gasteiger partial charge in [0, 0.05) is 12.7 Å². The fraction of sp³-hybridized carbons (Fsp3) is 0.269. The Kier molecular flexibility index (Phi) is 9.42. The van der Waals surface area contributed by atoms with Crippen LogP contribution in [-0.4, -0.2) is 26.3 Å². The van der Waals surface area contributed by atoms with Crippen molar-refractivity contribution in [2.24, 2.45) is 0 Å². The fourth-order valence-corrected chi connectivity index (χ4v) is 5.20. The smallest absolute Gasteiger partial charge is 0.375 e. The Hall–Kier alpha value is -2.96. The molecule has 0 amide bonds. The minimum Gasteiger partial charge on any atom is -0.457 e. The van der Waals surface area contributed by atoms with Crippen LogP contribution in [0.25, 0.3) is 0 Å². The number of carbonyl (C=O) groups is 1. The minimum atomic E-state index is -3.90. The highest BCUT2D eigenvalue weighted by Gasteiger charge is 2.42. The first-order valence-electron chi connectivity index (χ1n) is 11.0. The van der Waals surface area contributed by atoms with Crippen LogP contribution in [-0.2, 0) is 27.9 Å². The minimum absolute atomic E-state index is 0.109. The highest BCUT2D eigenvalue weighted by molar-refractivity contribution is 7.54. The van der Waals surface area contributed by atoms with Gasteiger partial charge in [0.25, 0.3) is 0 Å². The van der Waals surface area contributed by atoms with E-state index in [0.29, 0.717) is 22.6 Å². The Bertz CT molecular complexity index is 1080. The number of para-hydroxylation sites is 1. The van der Waals surface area contributed by atoms with Crippen LogP contribution in [0.4, 0.5) is 0 Å². The molecule has 0 radical (unpaired) electrons. The summed E-state index contributed by atoms with van der Waals surface area (Å²) in [4.78, 5) is 13.2. The number of carbonyl (C=O) groups excluding carboxylic acids is 1. The maximum absolute atomic E-state index is 13.8. The van der Waals surface area contributed by atoms with Gasteiger partial charge in [0.05, 0.1) is 13.2 Å². The number of esters is 1. The first kappa shape index (κ1) is 25.7. The van der Waals surface area contributed by atoms with Crippen molar-refractivity contribution in [1.82, 2.24) is 0 Å². The van der Waals surface area contributed by atoms with Gasteiger partial charge in [0.2, 0.25) is 5.85 Å². The molecule has 3 aromatic carbocycles. The zero-order chi connectivity index (χ0) is 24.4. The number of methoxy groups -OCH3 is 1. The first-order chi connectivity index (χ1) is 16.5. The second kappa shape index (κ2) is 12.5. The van der Waals surface area contributed by atoms with Gasteiger partial charge >= 0.3 is 13.6 Å². The molecule has 0 saturated carbocycles. The summed E-state index contributed by atoms with van der Waals surface area (Å²) in [5, 5.41) is 0. The Morgan fingerprint density at radius 2 is 1.35 bits per heavy atom. The Balaban J connectivity index is 1.96. The van der Waals surface area contributed by atoms with Gasteiger partial charge in [0.1, 0.15) is 11.5 Å². The lowest BCUT2D eigenvalue weighted by Gasteiger charge is -2.28. The molecule has 0 aliphatic carbocycles. The second-order valence-electron chi connectivity index (χ2n) is 7.18. The average Bonchev–Trinajstić information content (AvgIpc) is 2.85. The summed E-state index contributed by atoms with van der Waals surface area (Å²) < 4.78 is 41.9. The predicted molar refractivity (Wildman–Crippen MR) is 129 cm³/mol. The van der Waals surface area contributed by atoms with Crippen molar-refractivity contribution in [3.8, 4) is 11.5 Å². The molecule has 2 atom stereocenters. The molecule has 34 heavy (non-hydrogen) atoms. The third kappa shape index (κ3) is 6.55. The Morgan fingerprint density at radius 3 is 1.94 bits per heavy atom. The molecule has 0 unspecified atom stereocenters. The van der Waals surface area contributed by atoms with Gasteiger partial charge in [-0.25, -0.2) is 4.79 Å². The van der Waals surface area contributed by atoms with E-state index in [0.717, 1.165) is 0 Å². The van der Waals surface area contributed by atoms with E-state index in [1.165, 1.54) is 7.11 Å². The predicted octanol–water partition coefficient (Wildman–Crippen LogP) is 6.67. The van der Waals surface area contributed by atoms with Crippen molar-refractivity contribution in [2.45, 2.75) is 25.8 Å². The first-order valence-corrected chi connectivity index (χ1v) is 12.6. The summed E-state index contributed by atoms with van der Waals surface area (Å²) in [5.74, 6) is -0.918. The Morgan fingerprint density at radius 1 is 0.794 bits per heavy atom. The molecule has 0 saturated heterocycles. The highest BCUT2D eigenvalue weighted by Crippen LogP contribution is 2.62. The van der Waals surface area contributed by atoms with Gasteiger partial charge in [0.15, 0.2) is 6.10 Å². The lowest BCUT2D eigenvalue weighted by molar-refractivity contribution is -0.159. The third-order valence-corrected chi connectivity index (χ3v) is 7.02. The van der Waals surface area contributed by atoms with E-state index < -0.39 is 25.5 Å². The summed E-state index contributed by atoms with van der Waals surface area (Å²) in [5.41, 5.74) is 1.02. The average molecular weight is 484 g/mol. The summed E-state index contributed by atoms with van der Waals surface area (Å²) >= 11 is 0. The van der Waals surface area contributed by atoms with Crippen LogP contribution in [0.15, 0.2) is 84.9 Å². The van der Waals surface area contributed by atoms with Crippen LogP contribution >= 0.6 is 7.60 Å². The van der Waals surface area contributed by atoms with E-state index in [9.17, 15) is 9.36 Å². The van der Waals surface area contributed by atoms with E-state index in [-0.39, 0.29) is 13.2 Å². The van der Waals surface area contributed by atoms with Crippen molar-refractivity contribution in [3.05, 3.63) is 96.1 Å². The van der Waals surface area contributed by atoms with Gasteiger partial charge < -0.3 is 23.3 Å².